The minimum absolute atomic E-state index is 0.351. The van der Waals surface area contributed by atoms with Crippen LogP contribution in [-0.4, -0.2) is 39.0 Å². The number of carbonyl (C=O) groups excluding carboxylic acids is 1. The molecule has 1 aromatic rings. The van der Waals surface area contributed by atoms with Crippen LogP contribution in [0.1, 0.15) is 31.4 Å². The largest absolute Gasteiger partial charge is 0.381 e. The number of halogens is 2. The lowest BCUT2D eigenvalue weighted by Gasteiger charge is -2.15. The molecule has 0 bridgehead atoms. The van der Waals surface area contributed by atoms with E-state index in [-0.39, 0.29) is 6.03 Å². The number of ether oxygens (including phenoxy) is 2. The van der Waals surface area contributed by atoms with Gasteiger partial charge in [0.25, 0.3) is 0 Å². The van der Waals surface area contributed by atoms with Crippen molar-refractivity contribution in [1.29, 1.82) is 0 Å². The van der Waals surface area contributed by atoms with Crippen LogP contribution < -0.4 is 10.6 Å². The lowest BCUT2D eigenvalue weighted by molar-refractivity contribution is 0.0885. The van der Waals surface area contributed by atoms with Gasteiger partial charge < -0.3 is 20.1 Å². The number of benzene rings is 1. The summed E-state index contributed by atoms with van der Waals surface area (Å²) in [5, 5.41) is 5.40. The zero-order chi connectivity index (χ0) is 17.4. The fourth-order valence-corrected chi connectivity index (χ4v) is 2.45. The summed E-state index contributed by atoms with van der Waals surface area (Å²) in [5.74, 6) is -1.34. The highest BCUT2D eigenvalue weighted by atomic mass is 19.2. The molecule has 0 aliphatic carbocycles. The molecule has 2 amide bonds. The van der Waals surface area contributed by atoms with Gasteiger partial charge in [0.15, 0.2) is 11.6 Å². The van der Waals surface area contributed by atoms with Crippen molar-refractivity contribution < 1.29 is 23.0 Å². The van der Waals surface area contributed by atoms with Crippen LogP contribution in [0.4, 0.5) is 13.6 Å². The minimum atomic E-state index is -0.925. The van der Waals surface area contributed by atoms with Crippen LogP contribution in [0.5, 0.6) is 0 Å². The zero-order valence-corrected chi connectivity index (χ0v) is 13.8. The van der Waals surface area contributed by atoms with E-state index in [1.54, 1.807) is 6.92 Å². The van der Waals surface area contributed by atoms with Crippen molar-refractivity contribution in [2.45, 2.75) is 25.8 Å². The quantitative estimate of drug-likeness (QED) is 0.714. The summed E-state index contributed by atoms with van der Waals surface area (Å²) in [7, 11) is 0. The zero-order valence-electron chi connectivity index (χ0n) is 13.8. The van der Waals surface area contributed by atoms with E-state index in [0.717, 1.165) is 31.8 Å². The Bertz CT molecular complexity index is 537. The predicted molar refractivity (Wildman–Crippen MR) is 85.7 cm³/mol. The summed E-state index contributed by atoms with van der Waals surface area (Å²) >= 11 is 0. The highest BCUT2D eigenvalue weighted by molar-refractivity contribution is 5.74. The molecule has 0 spiro atoms. The van der Waals surface area contributed by atoms with Crippen LogP contribution in [0.2, 0.25) is 0 Å². The van der Waals surface area contributed by atoms with Crippen molar-refractivity contribution in [3.05, 3.63) is 35.4 Å². The molecule has 1 saturated heterocycles. The van der Waals surface area contributed by atoms with Crippen LogP contribution in [-0.2, 0) is 9.47 Å². The van der Waals surface area contributed by atoms with E-state index in [1.807, 2.05) is 0 Å². The number of nitrogens with one attached hydrogen (secondary N) is 2. The van der Waals surface area contributed by atoms with E-state index >= 15 is 0 Å². The Morgan fingerprint density at radius 1 is 1.42 bits per heavy atom. The van der Waals surface area contributed by atoms with E-state index in [1.165, 1.54) is 6.07 Å². The summed E-state index contributed by atoms with van der Waals surface area (Å²) in [6, 6.07) is 2.81. The molecule has 0 radical (unpaired) electrons. The number of hydrogen-bond acceptors (Lipinski definition) is 3. The Kier molecular flexibility index (Phi) is 7.39. The first-order valence-electron chi connectivity index (χ1n) is 8.21. The van der Waals surface area contributed by atoms with Gasteiger partial charge in [0.2, 0.25) is 0 Å². The molecule has 1 fully saturated rings. The van der Waals surface area contributed by atoms with Gasteiger partial charge in [-0.1, -0.05) is 6.07 Å². The average molecular weight is 342 g/mol. The molecule has 2 rings (SSSR count). The molecular weight excluding hydrogens is 318 g/mol. The maximum Gasteiger partial charge on any atom is 0.315 e. The lowest BCUT2D eigenvalue weighted by Crippen LogP contribution is -2.37. The Morgan fingerprint density at radius 3 is 2.96 bits per heavy atom. The lowest BCUT2D eigenvalue weighted by atomic mass is 10.1. The van der Waals surface area contributed by atoms with Crippen molar-refractivity contribution >= 4 is 6.03 Å². The van der Waals surface area contributed by atoms with E-state index in [0.29, 0.717) is 37.7 Å². The Morgan fingerprint density at radius 2 is 2.25 bits per heavy atom. The smallest absolute Gasteiger partial charge is 0.315 e. The SMILES string of the molecule is C[C@H](NC(=O)NCCCOC[C@H]1CCOC1)c1ccc(F)c(F)c1. The maximum absolute atomic E-state index is 13.2. The number of hydrogen-bond donors (Lipinski definition) is 2. The molecule has 2 N–H and O–H groups in total. The molecule has 1 aliphatic rings. The first-order valence-corrected chi connectivity index (χ1v) is 8.21. The molecule has 1 aliphatic heterocycles. The highest BCUT2D eigenvalue weighted by Gasteiger charge is 2.15. The molecule has 1 aromatic carbocycles. The normalized spacial score (nSPS) is 18.4. The van der Waals surface area contributed by atoms with Crippen LogP contribution in [0.3, 0.4) is 0 Å². The molecule has 2 atom stereocenters. The molecule has 0 unspecified atom stereocenters. The average Bonchev–Trinajstić information content (AvgIpc) is 3.06. The first kappa shape index (κ1) is 18.6. The molecule has 0 saturated carbocycles. The van der Waals surface area contributed by atoms with Crippen molar-refractivity contribution in [2.75, 3.05) is 33.0 Å². The summed E-state index contributed by atoms with van der Waals surface area (Å²) in [5.41, 5.74) is 0.506. The van der Waals surface area contributed by atoms with Crippen LogP contribution >= 0.6 is 0 Å². The number of urea groups is 1. The van der Waals surface area contributed by atoms with Gasteiger partial charge in [0.05, 0.1) is 19.3 Å². The second-order valence-corrected chi connectivity index (χ2v) is 5.95. The molecular formula is C17H24F2N2O3. The third-order valence-corrected chi connectivity index (χ3v) is 3.92. The van der Waals surface area contributed by atoms with E-state index in [9.17, 15) is 13.6 Å². The van der Waals surface area contributed by atoms with E-state index in [2.05, 4.69) is 10.6 Å². The van der Waals surface area contributed by atoms with Crippen LogP contribution in [0.15, 0.2) is 18.2 Å². The summed E-state index contributed by atoms with van der Waals surface area (Å²) in [6.07, 6.45) is 1.75. The highest BCUT2D eigenvalue weighted by Crippen LogP contribution is 2.15. The van der Waals surface area contributed by atoms with Crippen LogP contribution in [0.25, 0.3) is 0 Å². The van der Waals surface area contributed by atoms with Gasteiger partial charge in [0.1, 0.15) is 0 Å². The van der Waals surface area contributed by atoms with Gasteiger partial charge in [-0.05, 0) is 37.5 Å². The minimum Gasteiger partial charge on any atom is -0.381 e. The second-order valence-electron chi connectivity index (χ2n) is 5.95. The standard InChI is InChI=1S/C17H24F2N2O3/c1-12(14-3-4-15(18)16(19)9-14)21-17(22)20-6-2-7-23-10-13-5-8-24-11-13/h3-4,9,12-13H,2,5-8,10-11H2,1H3,(H2,20,21,22)/t12-,13+/m0/s1. The fraction of sp³-hybridized carbons (Fsp3) is 0.588. The van der Waals surface area contributed by atoms with Gasteiger partial charge in [-0.2, -0.15) is 0 Å². The third kappa shape index (κ3) is 6.05. The van der Waals surface area contributed by atoms with Crippen molar-refractivity contribution in [3.63, 3.8) is 0 Å². The van der Waals surface area contributed by atoms with Crippen molar-refractivity contribution in [2.24, 2.45) is 5.92 Å². The van der Waals surface area contributed by atoms with Crippen molar-refractivity contribution in [3.8, 4) is 0 Å². The Hall–Kier alpha value is -1.73. The van der Waals surface area contributed by atoms with Gasteiger partial charge in [-0.3, -0.25) is 0 Å². The summed E-state index contributed by atoms with van der Waals surface area (Å²) < 4.78 is 36.9. The number of amides is 2. The molecule has 1 heterocycles. The van der Waals surface area contributed by atoms with Crippen LogP contribution in [0, 0.1) is 17.6 Å². The fourth-order valence-electron chi connectivity index (χ4n) is 2.45. The van der Waals surface area contributed by atoms with E-state index in [4.69, 9.17) is 9.47 Å². The molecule has 24 heavy (non-hydrogen) atoms. The maximum atomic E-state index is 13.2. The molecule has 0 aromatic heterocycles. The van der Waals surface area contributed by atoms with Crippen molar-refractivity contribution in [1.82, 2.24) is 10.6 Å². The Labute approximate surface area is 140 Å². The predicted octanol–water partition coefficient (Wildman–Crippen LogP) is 2.77. The Balaban J connectivity index is 1.57. The number of carbonyl (C=O) groups is 1. The van der Waals surface area contributed by atoms with Gasteiger partial charge in [-0.25, -0.2) is 13.6 Å². The summed E-state index contributed by atoms with van der Waals surface area (Å²) in [4.78, 5) is 11.8. The number of rotatable bonds is 8. The second kappa shape index (κ2) is 9.54. The van der Waals surface area contributed by atoms with Gasteiger partial charge in [-0.15, -0.1) is 0 Å². The summed E-state index contributed by atoms with van der Waals surface area (Å²) in [6.45, 7) is 5.04. The molecule has 5 nitrogen and oxygen atoms in total. The van der Waals surface area contributed by atoms with Gasteiger partial charge >= 0.3 is 6.03 Å². The topological polar surface area (TPSA) is 59.6 Å². The molecule has 7 heteroatoms. The first-order chi connectivity index (χ1) is 11.6. The van der Waals surface area contributed by atoms with Gasteiger partial charge in [0, 0.05) is 25.7 Å². The van der Waals surface area contributed by atoms with E-state index < -0.39 is 17.7 Å². The third-order valence-electron chi connectivity index (χ3n) is 3.92. The molecule has 134 valence electrons. The monoisotopic (exact) mass is 342 g/mol.